The summed E-state index contributed by atoms with van der Waals surface area (Å²) in [4.78, 5) is 0. The molecule has 2 heteroatoms. The van der Waals surface area contributed by atoms with Crippen molar-refractivity contribution in [1.82, 2.24) is 0 Å². The maximum Gasteiger partial charge on any atom is 0.119 e. The van der Waals surface area contributed by atoms with Crippen molar-refractivity contribution in [3.63, 3.8) is 0 Å². The predicted molar refractivity (Wildman–Crippen MR) is 82.5 cm³/mol. The van der Waals surface area contributed by atoms with Gasteiger partial charge in [-0.25, -0.2) is 0 Å². The van der Waals surface area contributed by atoms with Gasteiger partial charge in [-0.3, -0.25) is 0 Å². The van der Waals surface area contributed by atoms with Crippen LogP contribution in [-0.2, 0) is 0 Å². The highest BCUT2D eigenvalue weighted by molar-refractivity contribution is 9.10. The monoisotopic (exact) mass is 311 g/mol. The average Bonchev–Trinajstić information content (AvgIpc) is 2.46. The quantitative estimate of drug-likeness (QED) is 0.641. The molecule has 0 bridgehead atoms. The molecule has 0 spiro atoms. The third-order valence-electron chi connectivity index (χ3n) is 3.09. The topological polar surface area (TPSA) is 9.23 Å². The van der Waals surface area contributed by atoms with Crippen LogP contribution in [0, 0.1) is 6.07 Å². The Hall–Kier alpha value is -1.80. The first-order valence-electron chi connectivity index (χ1n) is 6.02. The van der Waals surface area contributed by atoms with Crippen LogP contribution in [0.2, 0.25) is 0 Å². The summed E-state index contributed by atoms with van der Waals surface area (Å²) < 4.78 is 6.35. The van der Waals surface area contributed by atoms with E-state index in [2.05, 4.69) is 52.3 Å². The molecule has 3 aromatic rings. The summed E-state index contributed by atoms with van der Waals surface area (Å²) in [5, 5.41) is 2.30. The molecular weight excluding hydrogens is 300 g/mol. The molecule has 0 N–H and O–H groups in total. The lowest BCUT2D eigenvalue weighted by atomic mass is 10.0. The van der Waals surface area contributed by atoms with Gasteiger partial charge in [0.05, 0.1) is 7.11 Å². The normalized spacial score (nSPS) is 10.6. The Bertz CT molecular complexity index is 734. The van der Waals surface area contributed by atoms with E-state index in [0.29, 0.717) is 0 Å². The highest BCUT2D eigenvalue weighted by Crippen LogP contribution is 2.27. The fourth-order valence-electron chi connectivity index (χ4n) is 2.10. The molecule has 3 aromatic carbocycles. The van der Waals surface area contributed by atoms with Gasteiger partial charge in [0, 0.05) is 4.47 Å². The number of fused-ring (bicyclic) bond motifs is 1. The second kappa shape index (κ2) is 5.06. The number of methoxy groups -OCH3 is 1. The first-order chi connectivity index (χ1) is 9.26. The Kier molecular flexibility index (Phi) is 3.26. The van der Waals surface area contributed by atoms with Gasteiger partial charge in [-0.2, -0.15) is 0 Å². The van der Waals surface area contributed by atoms with Crippen molar-refractivity contribution in [2.45, 2.75) is 0 Å². The van der Waals surface area contributed by atoms with Gasteiger partial charge in [-0.15, -0.1) is 0 Å². The van der Waals surface area contributed by atoms with E-state index in [0.717, 1.165) is 26.7 Å². The lowest BCUT2D eigenvalue weighted by molar-refractivity contribution is 0.415. The number of hydrogen-bond acceptors (Lipinski definition) is 1. The number of benzene rings is 3. The highest BCUT2D eigenvalue weighted by Gasteiger charge is 2.02. The first kappa shape index (κ1) is 12.2. The van der Waals surface area contributed by atoms with Crippen LogP contribution < -0.4 is 4.74 Å². The van der Waals surface area contributed by atoms with E-state index in [9.17, 15) is 0 Å². The molecule has 0 amide bonds. The molecule has 0 saturated carbocycles. The molecule has 0 saturated heterocycles. The minimum absolute atomic E-state index is 0.863. The Morgan fingerprint density at radius 3 is 2.74 bits per heavy atom. The Labute approximate surface area is 121 Å². The van der Waals surface area contributed by atoms with Gasteiger partial charge in [0.15, 0.2) is 0 Å². The van der Waals surface area contributed by atoms with E-state index >= 15 is 0 Å². The highest BCUT2D eigenvalue weighted by atomic mass is 79.9. The first-order valence-corrected chi connectivity index (χ1v) is 6.81. The van der Waals surface area contributed by atoms with E-state index in [1.807, 2.05) is 24.3 Å². The van der Waals surface area contributed by atoms with Crippen LogP contribution in [0.4, 0.5) is 0 Å². The Morgan fingerprint density at radius 2 is 1.89 bits per heavy atom. The second-order valence-electron chi connectivity index (χ2n) is 4.34. The summed E-state index contributed by atoms with van der Waals surface area (Å²) in [6.45, 7) is 0. The molecule has 0 unspecified atom stereocenters. The Morgan fingerprint density at radius 1 is 1.00 bits per heavy atom. The summed E-state index contributed by atoms with van der Waals surface area (Å²) in [7, 11) is 1.68. The lowest BCUT2D eigenvalue weighted by Crippen LogP contribution is -1.84. The van der Waals surface area contributed by atoms with Gasteiger partial charge in [0.1, 0.15) is 5.75 Å². The molecule has 0 aromatic heterocycles. The van der Waals surface area contributed by atoms with Crippen LogP contribution in [0.15, 0.2) is 59.1 Å². The zero-order valence-corrected chi connectivity index (χ0v) is 12.1. The molecule has 0 aliphatic carbocycles. The standard InChI is InChI=1S/C17H12BrO/c1-19-17-4-2-3-12(11-17)13-5-6-15-10-16(18)8-7-14(15)9-13/h2-8,10-11H,1H3. The number of hydrogen-bond donors (Lipinski definition) is 0. The molecule has 0 aliphatic heterocycles. The van der Waals surface area contributed by atoms with Crippen molar-refractivity contribution in [1.29, 1.82) is 0 Å². The van der Waals surface area contributed by atoms with Gasteiger partial charge in [0.25, 0.3) is 0 Å². The molecule has 93 valence electrons. The smallest absolute Gasteiger partial charge is 0.119 e. The third kappa shape index (κ3) is 2.49. The van der Waals surface area contributed by atoms with Gasteiger partial charge >= 0.3 is 0 Å². The van der Waals surface area contributed by atoms with Crippen molar-refractivity contribution in [2.75, 3.05) is 7.11 Å². The van der Waals surface area contributed by atoms with Crippen LogP contribution in [-0.4, -0.2) is 7.11 Å². The second-order valence-corrected chi connectivity index (χ2v) is 5.25. The molecule has 0 atom stereocenters. The van der Waals surface area contributed by atoms with Crippen LogP contribution >= 0.6 is 15.9 Å². The molecule has 1 radical (unpaired) electrons. The van der Waals surface area contributed by atoms with Gasteiger partial charge in [0.2, 0.25) is 0 Å². The number of halogens is 1. The molecular formula is C17H12BrO. The van der Waals surface area contributed by atoms with Crippen molar-refractivity contribution in [3.8, 4) is 16.9 Å². The van der Waals surface area contributed by atoms with Gasteiger partial charge in [-0.1, -0.05) is 46.3 Å². The summed E-state index contributed by atoms with van der Waals surface area (Å²) >= 11 is 3.48. The molecule has 0 aliphatic rings. The van der Waals surface area contributed by atoms with Crippen LogP contribution in [0.1, 0.15) is 0 Å². The fourth-order valence-corrected chi connectivity index (χ4v) is 2.48. The van der Waals surface area contributed by atoms with Crippen LogP contribution in [0.5, 0.6) is 5.75 Å². The summed E-state index contributed by atoms with van der Waals surface area (Å²) in [5.74, 6) is 0.863. The number of ether oxygens (including phenoxy) is 1. The van der Waals surface area contributed by atoms with Gasteiger partial charge < -0.3 is 4.74 Å². The summed E-state index contributed by atoms with van der Waals surface area (Å²) in [5.41, 5.74) is 2.19. The van der Waals surface area contributed by atoms with E-state index in [-0.39, 0.29) is 0 Å². The Balaban J connectivity index is 2.12. The van der Waals surface area contributed by atoms with Crippen molar-refractivity contribution in [2.24, 2.45) is 0 Å². The van der Waals surface area contributed by atoms with E-state index in [4.69, 9.17) is 4.74 Å². The van der Waals surface area contributed by atoms with E-state index < -0.39 is 0 Å². The van der Waals surface area contributed by atoms with Crippen molar-refractivity contribution < 1.29 is 4.74 Å². The molecule has 0 fully saturated rings. The minimum Gasteiger partial charge on any atom is -0.497 e. The fraction of sp³-hybridized carbons (Fsp3) is 0.0588. The van der Waals surface area contributed by atoms with E-state index in [1.165, 1.54) is 5.39 Å². The third-order valence-corrected chi connectivity index (χ3v) is 3.59. The largest absolute Gasteiger partial charge is 0.497 e. The summed E-state index contributed by atoms with van der Waals surface area (Å²) in [6.07, 6.45) is 0. The minimum atomic E-state index is 0.863. The lowest BCUT2D eigenvalue weighted by Gasteiger charge is -2.06. The maximum atomic E-state index is 5.26. The van der Waals surface area contributed by atoms with Crippen LogP contribution in [0.25, 0.3) is 21.9 Å². The average molecular weight is 312 g/mol. The van der Waals surface area contributed by atoms with Crippen LogP contribution in [0.3, 0.4) is 0 Å². The molecule has 0 heterocycles. The SMILES string of the molecule is COc1cccc(-c2[c]c3ccc(Br)cc3cc2)c1. The predicted octanol–water partition coefficient (Wildman–Crippen LogP) is 5.08. The van der Waals surface area contributed by atoms with Crippen molar-refractivity contribution in [3.05, 3.63) is 65.1 Å². The zero-order valence-electron chi connectivity index (χ0n) is 10.5. The van der Waals surface area contributed by atoms with E-state index in [1.54, 1.807) is 7.11 Å². The number of rotatable bonds is 2. The van der Waals surface area contributed by atoms with Crippen molar-refractivity contribution >= 4 is 26.7 Å². The molecule has 1 nitrogen and oxygen atoms in total. The molecule has 19 heavy (non-hydrogen) atoms. The van der Waals surface area contributed by atoms with Gasteiger partial charge in [-0.05, 0) is 52.2 Å². The maximum absolute atomic E-state index is 5.26. The zero-order chi connectivity index (χ0) is 13.2. The molecule has 3 rings (SSSR count). The summed E-state index contributed by atoms with van der Waals surface area (Å²) in [6, 6.07) is 21.9.